The third-order valence-electron chi connectivity index (χ3n) is 2.43. The van der Waals surface area contributed by atoms with E-state index in [0.717, 1.165) is 5.56 Å². The molecule has 0 bridgehead atoms. The third kappa shape index (κ3) is 5.97. The van der Waals surface area contributed by atoms with Gasteiger partial charge in [0.2, 0.25) is 0 Å². The van der Waals surface area contributed by atoms with Crippen LogP contribution in [0, 0.1) is 0 Å². The van der Waals surface area contributed by atoms with Crippen LogP contribution < -0.4 is 5.32 Å². The summed E-state index contributed by atoms with van der Waals surface area (Å²) in [6, 6.07) is 7.11. The van der Waals surface area contributed by atoms with Gasteiger partial charge in [0.1, 0.15) is 5.75 Å². The van der Waals surface area contributed by atoms with Gasteiger partial charge in [-0.3, -0.25) is 0 Å². The average Bonchev–Trinajstić information content (AvgIpc) is 2.37. The number of methoxy groups -OCH3 is 1. The summed E-state index contributed by atoms with van der Waals surface area (Å²) in [4.78, 5) is 0. The van der Waals surface area contributed by atoms with E-state index in [1.54, 1.807) is 19.2 Å². The molecule has 1 aromatic carbocycles. The van der Waals surface area contributed by atoms with Crippen molar-refractivity contribution in [1.82, 2.24) is 5.32 Å². The van der Waals surface area contributed by atoms with Gasteiger partial charge in [0.05, 0.1) is 25.9 Å². The fraction of sp³-hybridized carbons (Fsp3) is 0.538. The number of aliphatic hydroxyl groups excluding tert-OH is 1. The molecule has 102 valence electrons. The molecule has 1 aromatic rings. The highest BCUT2D eigenvalue weighted by molar-refractivity contribution is 5.31. The maximum atomic E-state index is 9.61. The summed E-state index contributed by atoms with van der Waals surface area (Å²) in [7, 11) is 1.60. The zero-order valence-corrected chi connectivity index (χ0v) is 10.6. The van der Waals surface area contributed by atoms with Gasteiger partial charge in [-0.05, 0) is 6.07 Å². The highest BCUT2D eigenvalue weighted by Gasteiger charge is 2.04. The Morgan fingerprint density at radius 1 is 1.28 bits per heavy atom. The van der Waals surface area contributed by atoms with Crippen molar-refractivity contribution in [3.8, 4) is 5.75 Å². The number of hydrogen-bond donors (Lipinski definition) is 3. The molecule has 0 fully saturated rings. The summed E-state index contributed by atoms with van der Waals surface area (Å²) < 4.78 is 10.0. The molecule has 1 unspecified atom stereocenters. The van der Waals surface area contributed by atoms with Crippen molar-refractivity contribution in [3.05, 3.63) is 29.8 Å². The number of rotatable bonds is 9. The van der Waals surface area contributed by atoms with Crippen molar-refractivity contribution >= 4 is 0 Å². The van der Waals surface area contributed by atoms with Crippen LogP contribution in [-0.2, 0) is 16.0 Å². The molecular weight excluding hydrogens is 234 g/mol. The van der Waals surface area contributed by atoms with Crippen LogP contribution in [0.1, 0.15) is 5.56 Å². The van der Waals surface area contributed by atoms with Gasteiger partial charge in [0.15, 0.2) is 0 Å². The van der Waals surface area contributed by atoms with Crippen molar-refractivity contribution in [1.29, 1.82) is 0 Å². The number of ether oxygens (including phenoxy) is 2. The first kappa shape index (κ1) is 14.9. The van der Waals surface area contributed by atoms with Crippen LogP contribution >= 0.6 is 0 Å². The fourth-order valence-electron chi connectivity index (χ4n) is 1.45. The second-order valence-electron chi connectivity index (χ2n) is 3.98. The predicted molar refractivity (Wildman–Crippen MR) is 68.5 cm³/mol. The van der Waals surface area contributed by atoms with Gasteiger partial charge < -0.3 is 25.0 Å². The Bertz CT molecular complexity index is 333. The summed E-state index contributed by atoms with van der Waals surface area (Å²) >= 11 is 0. The van der Waals surface area contributed by atoms with Crippen LogP contribution in [0.2, 0.25) is 0 Å². The molecule has 0 saturated carbocycles. The lowest BCUT2D eigenvalue weighted by atomic mass is 10.2. The van der Waals surface area contributed by atoms with Gasteiger partial charge in [-0.2, -0.15) is 0 Å². The largest absolute Gasteiger partial charge is 0.508 e. The zero-order chi connectivity index (χ0) is 13.2. The van der Waals surface area contributed by atoms with E-state index in [4.69, 9.17) is 9.47 Å². The molecule has 0 aromatic heterocycles. The molecule has 3 N–H and O–H groups in total. The highest BCUT2D eigenvalue weighted by atomic mass is 16.5. The number of phenols is 1. The van der Waals surface area contributed by atoms with Gasteiger partial charge >= 0.3 is 0 Å². The van der Waals surface area contributed by atoms with Crippen LogP contribution in [0.5, 0.6) is 5.75 Å². The third-order valence-corrected chi connectivity index (χ3v) is 2.43. The molecule has 0 amide bonds. The Labute approximate surface area is 107 Å². The number of benzene rings is 1. The lowest BCUT2D eigenvalue weighted by molar-refractivity contribution is 0.0137. The van der Waals surface area contributed by atoms with E-state index >= 15 is 0 Å². The normalized spacial score (nSPS) is 12.6. The molecule has 5 heteroatoms. The standard InChI is InChI=1S/C13H21NO4/c1-17-6-7-18-10-12(15)9-14-8-11-4-2-3-5-13(11)16/h2-5,12,14-16H,6-10H2,1H3. The van der Waals surface area contributed by atoms with Crippen LogP contribution in [0.4, 0.5) is 0 Å². The van der Waals surface area contributed by atoms with Gasteiger partial charge in [0.25, 0.3) is 0 Å². The Morgan fingerprint density at radius 3 is 2.78 bits per heavy atom. The van der Waals surface area contributed by atoms with E-state index in [2.05, 4.69) is 5.32 Å². The lowest BCUT2D eigenvalue weighted by Gasteiger charge is -2.12. The van der Waals surface area contributed by atoms with Crippen LogP contribution in [0.15, 0.2) is 24.3 Å². The number of hydrogen-bond acceptors (Lipinski definition) is 5. The first-order valence-corrected chi connectivity index (χ1v) is 5.96. The Hall–Kier alpha value is -1.14. The van der Waals surface area contributed by atoms with Gasteiger partial charge in [-0.25, -0.2) is 0 Å². The van der Waals surface area contributed by atoms with Crippen molar-refractivity contribution < 1.29 is 19.7 Å². The van der Waals surface area contributed by atoms with Gasteiger partial charge in [0, 0.05) is 25.8 Å². The lowest BCUT2D eigenvalue weighted by Crippen LogP contribution is -2.30. The average molecular weight is 255 g/mol. The first-order valence-electron chi connectivity index (χ1n) is 5.96. The molecule has 1 atom stereocenters. The molecule has 0 aliphatic rings. The second-order valence-corrected chi connectivity index (χ2v) is 3.98. The van der Waals surface area contributed by atoms with Crippen molar-refractivity contribution in [2.24, 2.45) is 0 Å². The summed E-state index contributed by atoms with van der Waals surface area (Å²) in [6.45, 7) is 2.21. The quantitative estimate of drug-likeness (QED) is 0.561. The molecule has 18 heavy (non-hydrogen) atoms. The van der Waals surface area contributed by atoms with E-state index in [1.165, 1.54) is 0 Å². The molecule has 0 aliphatic carbocycles. The molecule has 0 saturated heterocycles. The molecular formula is C13H21NO4. The smallest absolute Gasteiger partial charge is 0.120 e. The number of para-hydroxylation sites is 1. The summed E-state index contributed by atoms with van der Waals surface area (Å²) in [5.41, 5.74) is 0.810. The number of aromatic hydroxyl groups is 1. The summed E-state index contributed by atoms with van der Waals surface area (Å²) in [5, 5.41) is 22.2. The van der Waals surface area contributed by atoms with Crippen LogP contribution in [0.3, 0.4) is 0 Å². The van der Waals surface area contributed by atoms with E-state index in [0.29, 0.717) is 26.3 Å². The van der Waals surface area contributed by atoms with E-state index < -0.39 is 6.10 Å². The van der Waals surface area contributed by atoms with Crippen molar-refractivity contribution in [2.75, 3.05) is 33.5 Å². The van der Waals surface area contributed by atoms with Crippen molar-refractivity contribution in [3.63, 3.8) is 0 Å². The second kappa shape index (κ2) is 8.88. The maximum absolute atomic E-state index is 9.61. The minimum atomic E-state index is -0.562. The molecule has 0 radical (unpaired) electrons. The van der Waals surface area contributed by atoms with Crippen molar-refractivity contribution in [2.45, 2.75) is 12.6 Å². The molecule has 5 nitrogen and oxygen atoms in total. The minimum absolute atomic E-state index is 0.260. The summed E-state index contributed by atoms with van der Waals surface area (Å²) in [6.07, 6.45) is -0.562. The van der Waals surface area contributed by atoms with E-state index in [-0.39, 0.29) is 12.4 Å². The Kier molecular flexibility index (Phi) is 7.36. The number of nitrogens with one attached hydrogen (secondary N) is 1. The maximum Gasteiger partial charge on any atom is 0.120 e. The van der Waals surface area contributed by atoms with Gasteiger partial charge in [-0.15, -0.1) is 0 Å². The molecule has 0 spiro atoms. The molecule has 0 aliphatic heterocycles. The SMILES string of the molecule is COCCOCC(O)CNCc1ccccc1O. The first-order chi connectivity index (χ1) is 8.74. The number of aliphatic hydroxyl groups is 1. The Balaban J connectivity index is 2.12. The van der Waals surface area contributed by atoms with E-state index in [9.17, 15) is 10.2 Å². The molecule has 0 heterocycles. The topological polar surface area (TPSA) is 71.0 Å². The zero-order valence-electron chi connectivity index (χ0n) is 10.6. The fourth-order valence-corrected chi connectivity index (χ4v) is 1.45. The predicted octanol–water partition coefficient (Wildman–Crippen LogP) is 0.506. The Morgan fingerprint density at radius 2 is 2.06 bits per heavy atom. The summed E-state index contributed by atoms with van der Waals surface area (Å²) in [5.74, 6) is 0.260. The van der Waals surface area contributed by atoms with Gasteiger partial charge in [-0.1, -0.05) is 18.2 Å². The minimum Gasteiger partial charge on any atom is -0.508 e. The van der Waals surface area contributed by atoms with Crippen LogP contribution in [0.25, 0.3) is 0 Å². The van der Waals surface area contributed by atoms with E-state index in [1.807, 2.05) is 12.1 Å². The molecule has 1 rings (SSSR count). The van der Waals surface area contributed by atoms with Crippen LogP contribution in [-0.4, -0.2) is 49.8 Å². The number of phenolic OH excluding ortho intramolecular Hbond substituents is 1. The monoisotopic (exact) mass is 255 g/mol. The highest BCUT2D eigenvalue weighted by Crippen LogP contribution is 2.14.